The maximum Gasteiger partial charge on any atom is 0.348 e. The van der Waals surface area contributed by atoms with Gasteiger partial charge in [-0.3, -0.25) is 0 Å². The van der Waals surface area contributed by atoms with E-state index in [4.69, 9.17) is 4.74 Å². The molecule has 2 aromatic heterocycles. The van der Waals surface area contributed by atoms with Crippen LogP contribution in [0.2, 0.25) is 0 Å². The van der Waals surface area contributed by atoms with Gasteiger partial charge in [-0.1, -0.05) is 24.7 Å². The highest BCUT2D eigenvalue weighted by Gasteiger charge is 2.15. The second kappa shape index (κ2) is 12.6. The summed E-state index contributed by atoms with van der Waals surface area (Å²) in [6, 6.07) is 13.9. The van der Waals surface area contributed by atoms with Crippen molar-refractivity contribution in [1.82, 2.24) is 4.98 Å². The van der Waals surface area contributed by atoms with E-state index in [2.05, 4.69) is 44.2 Å². The molecule has 0 spiro atoms. The number of esters is 1. The molecule has 2 heterocycles. The molecule has 4 rings (SSSR count). The predicted octanol–water partition coefficient (Wildman–Crippen LogP) is 9.13. The van der Waals surface area contributed by atoms with Gasteiger partial charge in [0.1, 0.15) is 15.4 Å². The molecule has 4 aromatic rings. The molecule has 0 N–H and O–H groups in total. The van der Waals surface area contributed by atoms with Gasteiger partial charge in [0.05, 0.1) is 22.7 Å². The van der Waals surface area contributed by atoms with Gasteiger partial charge < -0.3 is 9.64 Å². The lowest BCUT2D eigenvalue weighted by molar-refractivity contribution is 0.0505. The molecular formula is C26H27FN6O2S2. The Bertz CT molecular complexity index is 1380. The number of carbonyl (C=O) groups excluding carboxylic acids is 1. The number of thiazole rings is 1. The summed E-state index contributed by atoms with van der Waals surface area (Å²) < 4.78 is 20.6. The maximum absolute atomic E-state index is 14.6. The van der Waals surface area contributed by atoms with Crippen molar-refractivity contribution in [3.8, 4) is 0 Å². The monoisotopic (exact) mass is 538 g/mol. The van der Waals surface area contributed by atoms with Crippen molar-refractivity contribution in [1.29, 1.82) is 0 Å². The Morgan fingerprint density at radius 2 is 1.68 bits per heavy atom. The average molecular weight is 539 g/mol. The molecule has 11 heteroatoms. The molecule has 2 aromatic carbocycles. The molecule has 8 nitrogen and oxygen atoms in total. The van der Waals surface area contributed by atoms with Gasteiger partial charge in [0, 0.05) is 24.8 Å². The van der Waals surface area contributed by atoms with E-state index in [1.807, 2.05) is 31.2 Å². The normalized spacial score (nSPS) is 11.7. The van der Waals surface area contributed by atoms with Gasteiger partial charge in [0.25, 0.3) is 0 Å². The number of fused-ring (bicyclic) bond motifs is 1. The first-order valence-corrected chi connectivity index (χ1v) is 13.7. The Balaban J connectivity index is 1.39. The largest absolute Gasteiger partial charge is 0.462 e. The van der Waals surface area contributed by atoms with Crippen molar-refractivity contribution in [3.05, 3.63) is 59.2 Å². The van der Waals surface area contributed by atoms with Crippen molar-refractivity contribution in [2.24, 2.45) is 20.5 Å². The molecule has 0 saturated carbocycles. The number of rotatable bonds is 11. The Kier molecular flexibility index (Phi) is 9.02. The van der Waals surface area contributed by atoms with Crippen LogP contribution < -0.4 is 4.90 Å². The fraction of sp³-hybridized carbons (Fsp3) is 0.308. The fourth-order valence-electron chi connectivity index (χ4n) is 3.42. The van der Waals surface area contributed by atoms with Gasteiger partial charge in [0.15, 0.2) is 5.82 Å². The Hall–Kier alpha value is -3.57. The van der Waals surface area contributed by atoms with E-state index in [9.17, 15) is 9.18 Å². The summed E-state index contributed by atoms with van der Waals surface area (Å²) in [4.78, 5) is 19.9. The first-order chi connectivity index (χ1) is 18.0. The Labute approximate surface area is 222 Å². The number of halogens is 1. The summed E-state index contributed by atoms with van der Waals surface area (Å²) in [5.41, 5.74) is 2.25. The molecule has 0 aliphatic carbocycles. The SMILES string of the molecule is CCCCOC(=O)c1cc2sc(N=Nc3ccc(N=Nc4ccc(N(CC)CC)cc4)cc3F)nc2s1. The van der Waals surface area contributed by atoms with Crippen LogP contribution in [0.1, 0.15) is 43.3 Å². The highest BCUT2D eigenvalue weighted by Crippen LogP contribution is 2.36. The first kappa shape index (κ1) is 26.5. The van der Waals surface area contributed by atoms with Gasteiger partial charge in [0.2, 0.25) is 5.13 Å². The zero-order valence-corrected chi connectivity index (χ0v) is 22.5. The van der Waals surface area contributed by atoms with Gasteiger partial charge in [-0.2, -0.15) is 10.2 Å². The van der Waals surface area contributed by atoms with Crippen LogP contribution in [0.4, 0.5) is 32.3 Å². The lowest BCUT2D eigenvalue weighted by atomic mass is 10.2. The second-order valence-electron chi connectivity index (χ2n) is 7.99. The van der Waals surface area contributed by atoms with Crippen LogP contribution >= 0.6 is 22.7 Å². The molecule has 0 aliphatic heterocycles. The zero-order chi connectivity index (χ0) is 26.2. The number of ether oxygens (including phenoxy) is 1. The third-order valence-electron chi connectivity index (χ3n) is 5.44. The van der Waals surface area contributed by atoms with Crippen LogP contribution in [-0.4, -0.2) is 30.6 Å². The molecule has 0 bridgehead atoms. The minimum Gasteiger partial charge on any atom is -0.462 e. The average Bonchev–Trinajstić information content (AvgIpc) is 3.48. The highest BCUT2D eigenvalue weighted by atomic mass is 32.1. The second-order valence-corrected chi connectivity index (χ2v) is 10.0. The topological polar surface area (TPSA) is 91.9 Å². The number of hydrogen-bond donors (Lipinski definition) is 0. The summed E-state index contributed by atoms with van der Waals surface area (Å²) in [6.45, 7) is 8.52. The molecule has 0 radical (unpaired) electrons. The van der Waals surface area contributed by atoms with Crippen LogP contribution in [0.25, 0.3) is 9.53 Å². The molecule has 0 unspecified atom stereocenters. The number of anilines is 1. The lowest BCUT2D eigenvalue weighted by Crippen LogP contribution is -2.21. The Morgan fingerprint density at radius 1 is 0.946 bits per heavy atom. The number of benzene rings is 2. The summed E-state index contributed by atoms with van der Waals surface area (Å²) in [5.74, 6) is -0.907. The standard InChI is InChI=1S/C26H27FN6O2S2/c1-4-7-14-35-25(34)23-16-22-24(36-23)28-26(37-22)32-31-21-13-10-18(15-20(21)27)30-29-17-8-11-19(12-9-17)33(5-2)6-3/h8-13,15-16H,4-7,14H2,1-3H3. The molecule has 0 atom stereocenters. The minimum absolute atomic E-state index is 0.0706. The number of hydrogen-bond acceptors (Lipinski definition) is 10. The van der Waals surface area contributed by atoms with Gasteiger partial charge in [-0.25, -0.2) is 14.2 Å². The van der Waals surface area contributed by atoms with E-state index in [-0.39, 0.29) is 11.7 Å². The van der Waals surface area contributed by atoms with Crippen LogP contribution in [0.5, 0.6) is 0 Å². The predicted molar refractivity (Wildman–Crippen MR) is 147 cm³/mol. The number of nitrogens with zero attached hydrogens (tertiary/aromatic N) is 6. The van der Waals surface area contributed by atoms with Crippen molar-refractivity contribution < 1.29 is 13.9 Å². The third kappa shape index (κ3) is 6.80. The van der Waals surface area contributed by atoms with Crippen LogP contribution in [0.15, 0.2) is 69.0 Å². The Morgan fingerprint density at radius 3 is 2.35 bits per heavy atom. The fourth-order valence-corrected chi connectivity index (χ4v) is 5.34. The molecule has 0 fully saturated rings. The third-order valence-corrected chi connectivity index (χ3v) is 7.47. The number of aromatic nitrogens is 1. The number of carbonyl (C=O) groups is 1. The first-order valence-electron chi connectivity index (χ1n) is 12.1. The summed E-state index contributed by atoms with van der Waals surface area (Å²) in [5, 5.41) is 16.8. The van der Waals surface area contributed by atoms with E-state index < -0.39 is 5.82 Å². The van der Waals surface area contributed by atoms with Gasteiger partial charge in [-0.15, -0.1) is 21.6 Å². The van der Waals surface area contributed by atoms with Gasteiger partial charge >= 0.3 is 5.97 Å². The zero-order valence-electron chi connectivity index (χ0n) is 20.8. The van der Waals surface area contributed by atoms with E-state index in [0.717, 1.165) is 36.3 Å². The van der Waals surface area contributed by atoms with E-state index in [1.165, 1.54) is 34.8 Å². The lowest BCUT2D eigenvalue weighted by Gasteiger charge is -2.20. The quantitative estimate of drug-likeness (QED) is 0.108. The van der Waals surface area contributed by atoms with Crippen molar-refractivity contribution in [3.63, 3.8) is 0 Å². The molecule has 192 valence electrons. The van der Waals surface area contributed by atoms with E-state index >= 15 is 0 Å². The van der Waals surface area contributed by atoms with Crippen molar-refractivity contribution in [2.45, 2.75) is 33.6 Å². The number of thiophene rings is 1. The molecule has 0 amide bonds. The molecular weight excluding hydrogens is 511 g/mol. The molecule has 37 heavy (non-hydrogen) atoms. The summed E-state index contributed by atoms with van der Waals surface area (Å²) in [6.07, 6.45) is 1.79. The summed E-state index contributed by atoms with van der Waals surface area (Å²) >= 11 is 2.52. The van der Waals surface area contributed by atoms with Gasteiger partial charge in [-0.05, 0) is 62.7 Å². The van der Waals surface area contributed by atoms with Crippen LogP contribution in [0.3, 0.4) is 0 Å². The van der Waals surface area contributed by atoms with Crippen LogP contribution in [0, 0.1) is 5.82 Å². The van der Waals surface area contributed by atoms with Crippen molar-refractivity contribution >= 4 is 66.1 Å². The smallest absolute Gasteiger partial charge is 0.348 e. The number of azo groups is 2. The highest BCUT2D eigenvalue weighted by molar-refractivity contribution is 7.29. The summed E-state index contributed by atoms with van der Waals surface area (Å²) in [7, 11) is 0. The van der Waals surface area contributed by atoms with Crippen molar-refractivity contribution in [2.75, 3.05) is 24.6 Å². The van der Waals surface area contributed by atoms with Crippen LogP contribution in [-0.2, 0) is 4.74 Å². The minimum atomic E-state index is -0.562. The van der Waals surface area contributed by atoms with E-state index in [0.29, 0.717) is 32.8 Å². The molecule has 0 saturated heterocycles. The van der Waals surface area contributed by atoms with E-state index in [1.54, 1.807) is 12.1 Å². The number of unbranched alkanes of at least 4 members (excludes halogenated alkanes) is 1. The maximum atomic E-state index is 14.6. The molecule has 0 aliphatic rings.